The Hall–Kier alpha value is -4.81. The van der Waals surface area contributed by atoms with E-state index in [0.29, 0.717) is 26.1 Å². The summed E-state index contributed by atoms with van der Waals surface area (Å²) >= 11 is 0. The van der Waals surface area contributed by atoms with Crippen LogP contribution in [0.2, 0.25) is 18.6 Å². The number of methoxy groups -OCH3 is 1. The number of piperidine rings is 1. The van der Waals surface area contributed by atoms with Gasteiger partial charge >= 0.3 is 0 Å². The van der Waals surface area contributed by atoms with E-state index in [2.05, 4.69) is 54.9 Å². The molecule has 10 nitrogen and oxygen atoms in total. The Morgan fingerprint density at radius 1 is 0.982 bits per heavy atom. The molecule has 2 saturated heterocycles. The van der Waals surface area contributed by atoms with Crippen LogP contribution in [0, 0.1) is 11.8 Å². The lowest BCUT2D eigenvalue weighted by molar-refractivity contribution is -0.151. The maximum Gasteiger partial charge on any atom is 0.264 e. The minimum absolute atomic E-state index is 0.0219. The van der Waals surface area contributed by atoms with Gasteiger partial charge in [0.05, 0.1) is 58.5 Å². The van der Waals surface area contributed by atoms with Crippen molar-refractivity contribution < 1.29 is 29.0 Å². The summed E-state index contributed by atoms with van der Waals surface area (Å²) in [4.78, 5) is 46.4. The Labute approximate surface area is 336 Å². The number of fused-ring (bicyclic) bond motifs is 3. The second-order valence-electron chi connectivity index (χ2n) is 16.8. The SMILES string of the molecule is COc1ccc([Si](C)(C)[C@H]2[C@H](CC(=O)N3Cc4ccccc4C[C@H]3CO)O[C@@]3(C(=O)N(Cc4ccc(NC(=O)C5CCCNC5)cc4)c4ccccc43)[C@@H]2C)cc1. The summed E-state index contributed by atoms with van der Waals surface area (Å²) in [6, 6.07) is 31.6. The van der Waals surface area contributed by atoms with Gasteiger partial charge in [0.25, 0.3) is 5.91 Å². The second-order valence-corrected chi connectivity index (χ2v) is 21.5. The number of aliphatic hydroxyl groups is 1. The van der Waals surface area contributed by atoms with Crippen LogP contribution in [0.25, 0.3) is 0 Å². The molecule has 0 aliphatic carbocycles. The number of nitrogens with one attached hydrogen (secondary N) is 2. The molecule has 4 aromatic rings. The summed E-state index contributed by atoms with van der Waals surface area (Å²) in [5.41, 5.74) is 4.12. The van der Waals surface area contributed by atoms with Crippen LogP contribution >= 0.6 is 0 Å². The molecule has 4 aromatic carbocycles. The van der Waals surface area contributed by atoms with E-state index in [0.717, 1.165) is 58.8 Å². The fraction of sp³-hybridized carbons (Fsp3) is 0.413. The Morgan fingerprint density at radius 2 is 1.70 bits per heavy atom. The van der Waals surface area contributed by atoms with Gasteiger partial charge in [0.1, 0.15) is 5.75 Å². The molecule has 4 heterocycles. The number of hydrogen-bond donors (Lipinski definition) is 3. The van der Waals surface area contributed by atoms with Gasteiger partial charge in [0, 0.05) is 30.3 Å². The highest BCUT2D eigenvalue weighted by Gasteiger charge is 2.66. The third kappa shape index (κ3) is 7.09. The van der Waals surface area contributed by atoms with Crippen molar-refractivity contribution in [1.29, 1.82) is 0 Å². The highest BCUT2D eigenvalue weighted by molar-refractivity contribution is 6.91. The molecule has 1 spiro atoms. The van der Waals surface area contributed by atoms with E-state index in [4.69, 9.17) is 9.47 Å². The van der Waals surface area contributed by atoms with E-state index in [1.54, 1.807) is 7.11 Å². The largest absolute Gasteiger partial charge is 0.497 e. The smallest absolute Gasteiger partial charge is 0.264 e. The Morgan fingerprint density at radius 3 is 2.40 bits per heavy atom. The summed E-state index contributed by atoms with van der Waals surface area (Å²) in [7, 11) is -0.832. The van der Waals surface area contributed by atoms with Crippen LogP contribution in [-0.2, 0) is 44.2 Å². The molecule has 0 bridgehead atoms. The fourth-order valence-electron chi connectivity index (χ4n) is 10.2. The van der Waals surface area contributed by atoms with Crippen LogP contribution in [0.5, 0.6) is 5.75 Å². The zero-order chi connectivity index (χ0) is 39.9. The van der Waals surface area contributed by atoms with Crippen LogP contribution < -0.4 is 25.5 Å². The van der Waals surface area contributed by atoms with E-state index in [9.17, 15) is 14.7 Å². The van der Waals surface area contributed by atoms with E-state index in [1.807, 2.05) is 82.6 Å². The van der Waals surface area contributed by atoms with Gasteiger partial charge in [-0.05, 0) is 78.4 Å². The van der Waals surface area contributed by atoms with E-state index in [1.165, 1.54) is 5.19 Å². The van der Waals surface area contributed by atoms with Gasteiger partial charge in [-0.1, -0.05) is 91.9 Å². The molecule has 0 aromatic heterocycles. The van der Waals surface area contributed by atoms with Crippen molar-refractivity contribution in [3.8, 4) is 5.75 Å². The van der Waals surface area contributed by atoms with Crippen LogP contribution in [0.3, 0.4) is 0 Å². The van der Waals surface area contributed by atoms with Crippen LogP contribution in [-0.4, -0.2) is 74.8 Å². The second kappa shape index (κ2) is 15.9. The van der Waals surface area contributed by atoms with Crippen molar-refractivity contribution in [1.82, 2.24) is 10.2 Å². The maximum atomic E-state index is 15.3. The van der Waals surface area contributed by atoms with E-state index >= 15 is 4.79 Å². The summed E-state index contributed by atoms with van der Waals surface area (Å²) in [6.45, 7) is 9.03. The van der Waals surface area contributed by atoms with Crippen LogP contribution in [0.15, 0.2) is 97.1 Å². The minimum atomic E-state index is -2.49. The van der Waals surface area contributed by atoms with Gasteiger partial charge < -0.3 is 35.0 Å². The summed E-state index contributed by atoms with van der Waals surface area (Å²) in [5.74, 6) is 0.280. The first-order valence-electron chi connectivity index (χ1n) is 20.4. The van der Waals surface area contributed by atoms with Crippen LogP contribution in [0.1, 0.15) is 48.4 Å². The molecular weight excluding hydrogens is 733 g/mol. The van der Waals surface area contributed by atoms with Crippen LogP contribution in [0.4, 0.5) is 11.4 Å². The molecule has 4 aliphatic heterocycles. The number of ether oxygens (including phenoxy) is 2. The molecule has 298 valence electrons. The molecular formula is C46H54N4O6Si. The molecule has 1 unspecified atom stereocenters. The zero-order valence-electron chi connectivity index (χ0n) is 33.4. The molecule has 2 fully saturated rings. The van der Waals surface area contributed by atoms with Crippen molar-refractivity contribution in [2.45, 2.75) is 82.1 Å². The lowest BCUT2D eigenvalue weighted by Gasteiger charge is -2.39. The monoisotopic (exact) mass is 786 g/mol. The molecule has 6 atom stereocenters. The Bertz CT molecular complexity index is 2120. The molecule has 3 amide bonds. The molecule has 4 aliphatic rings. The van der Waals surface area contributed by atoms with Crippen molar-refractivity contribution in [2.75, 3.05) is 37.0 Å². The van der Waals surface area contributed by atoms with Gasteiger partial charge in [0.2, 0.25) is 11.8 Å². The fourth-order valence-corrected chi connectivity index (χ4v) is 14.2. The third-order valence-electron chi connectivity index (χ3n) is 13.2. The number of nitrogens with zero attached hydrogens (tertiary/aromatic N) is 2. The van der Waals surface area contributed by atoms with Gasteiger partial charge in [-0.2, -0.15) is 0 Å². The Balaban J connectivity index is 1.11. The van der Waals surface area contributed by atoms with Gasteiger partial charge in [-0.25, -0.2) is 0 Å². The summed E-state index contributed by atoms with van der Waals surface area (Å²) in [6.07, 6.45) is 2.00. The van der Waals surface area contributed by atoms with Gasteiger partial charge in [-0.15, -0.1) is 0 Å². The Kier molecular flexibility index (Phi) is 10.9. The van der Waals surface area contributed by atoms with Gasteiger partial charge in [0.15, 0.2) is 5.60 Å². The first-order valence-corrected chi connectivity index (χ1v) is 23.4. The molecule has 8 rings (SSSR count). The van der Waals surface area contributed by atoms with Crippen molar-refractivity contribution >= 4 is 42.4 Å². The molecule has 3 N–H and O–H groups in total. The number of carbonyl (C=O) groups excluding carboxylic acids is 3. The van der Waals surface area contributed by atoms with Crippen molar-refractivity contribution in [3.05, 3.63) is 119 Å². The lowest BCUT2D eigenvalue weighted by Crippen LogP contribution is -2.52. The topological polar surface area (TPSA) is 120 Å². The molecule has 57 heavy (non-hydrogen) atoms. The predicted molar refractivity (Wildman–Crippen MR) is 224 cm³/mol. The first-order chi connectivity index (χ1) is 27.5. The highest BCUT2D eigenvalue weighted by atomic mass is 28.3. The summed E-state index contributed by atoms with van der Waals surface area (Å²) in [5, 5.41) is 18.1. The maximum absolute atomic E-state index is 15.3. The quantitative estimate of drug-likeness (QED) is 0.176. The summed E-state index contributed by atoms with van der Waals surface area (Å²) < 4.78 is 12.8. The van der Waals surface area contributed by atoms with Crippen molar-refractivity contribution in [3.63, 3.8) is 0 Å². The minimum Gasteiger partial charge on any atom is -0.497 e. The van der Waals surface area contributed by atoms with E-state index in [-0.39, 0.29) is 54.2 Å². The lowest BCUT2D eigenvalue weighted by atomic mass is 9.82. The average Bonchev–Trinajstić information content (AvgIpc) is 3.67. The first kappa shape index (κ1) is 39.0. The normalized spacial score (nSPS) is 25.6. The number of benzene rings is 4. The number of amides is 3. The molecule has 11 heteroatoms. The number of para-hydroxylation sites is 1. The third-order valence-corrected chi connectivity index (χ3v) is 17.6. The van der Waals surface area contributed by atoms with Gasteiger partial charge in [-0.3, -0.25) is 14.4 Å². The van der Waals surface area contributed by atoms with Crippen molar-refractivity contribution in [2.24, 2.45) is 11.8 Å². The number of anilines is 2. The number of rotatable bonds is 10. The zero-order valence-corrected chi connectivity index (χ0v) is 34.4. The average molecular weight is 787 g/mol. The highest BCUT2D eigenvalue weighted by Crippen LogP contribution is 2.60. The molecule has 0 saturated carbocycles. The number of carbonyl (C=O) groups is 3. The standard InChI is InChI=1S/C46H54N4O6Si/c1-30-43(57(3,4)38-21-19-37(55-2)20-22-38)41(25-42(52)49-28-34-11-6-5-10-32(34)24-36(49)29-51)56-46(30)39-13-7-8-14-40(39)50(45(46)54)27-31-15-17-35(18-16-31)48-44(53)33-12-9-23-47-26-33/h5-8,10-11,13-22,30,33,36,41,43,47,51H,9,12,23-29H2,1-4H3,(H,48,53)/t30-,33?,36+,41+,43-,46+/m1/s1. The van der Waals surface area contributed by atoms with E-state index < -0.39 is 19.8 Å². The molecule has 0 radical (unpaired) electrons. The predicted octanol–water partition coefficient (Wildman–Crippen LogP) is 5.73. The number of hydrogen-bond acceptors (Lipinski definition) is 7. The number of aliphatic hydroxyl groups excluding tert-OH is 1.